The summed E-state index contributed by atoms with van der Waals surface area (Å²) in [6, 6.07) is 14.5. The van der Waals surface area contributed by atoms with Gasteiger partial charge in [0.2, 0.25) is 11.9 Å². The first-order valence-electron chi connectivity index (χ1n) is 9.10. The molecule has 1 unspecified atom stereocenters. The van der Waals surface area contributed by atoms with E-state index in [9.17, 15) is 4.79 Å². The minimum atomic E-state index is -0.0377. The molecule has 1 atom stereocenters. The van der Waals surface area contributed by atoms with Gasteiger partial charge in [-0.05, 0) is 62.7 Å². The quantitative estimate of drug-likeness (QED) is 0.759. The average Bonchev–Trinajstić information content (AvgIpc) is 2.90. The lowest BCUT2D eigenvalue weighted by Gasteiger charge is -2.31. The zero-order valence-corrected chi connectivity index (χ0v) is 15.4. The number of aryl methyl sites for hydroxylation is 2. The van der Waals surface area contributed by atoms with Gasteiger partial charge < -0.3 is 5.32 Å². The third-order valence-electron chi connectivity index (χ3n) is 5.27. The fourth-order valence-corrected chi connectivity index (χ4v) is 3.33. The Morgan fingerprint density at radius 1 is 1.15 bits per heavy atom. The van der Waals surface area contributed by atoms with Crippen LogP contribution < -0.4 is 10.6 Å². The molecule has 4 rings (SSSR count). The lowest BCUT2D eigenvalue weighted by molar-refractivity contribution is -0.121. The molecule has 1 aliphatic heterocycles. The highest BCUT2D eigenvalue weighted by Gasteiger charge is 2.29. The molecule has 0 spiro atoms. The van der Waals surface area contributed by atoms with Crippen molar-refractivity contribution >= 4 is 22.9 Å². The van der Waals surface area contributed by atoms with Crippen LogP contribution in [0.1, 0.15) is 18.1 Å². The minimum absolute atomic E-state index is 0.0249. The number of rotatable bonds is 4. The van der Waals surface area contributed by atoms with E-state index in [1.807, 2.05) is 18.4 Å². The summed E-state index contributed by atoms with van der Waals surface area (Å²) in [5.74, 6) is 0.967. The second kappa shape index (κ2) is 6.57. The number of nitrogens with zero attached hydrogens (tertiary/aromatic N) is 2. The topological polar surface area (TPSA) is 59.0 Å². The molecule has 5 heteroatoms. The summed E-state index contributed by atoms with van der Waals surface area (Å²) >= 11 is 0. The van der Waals surface area contributed by atoms with Crippen LogP contribution in [0.25, 0.3) is 16.7 Å². The molecule has 1 saturated heterocycles. The van der Waals surface area contributed by atoms with E-state index in [0.717, 1.165) is 35.4 Å². The SMILES string of the molecule is Cc1ccc(-n2c(NC(=O)C(C)C3CNC3)nc3cc(C)ccc32)cc1. The summed E-state index contributed by atoms with van der Waals surface area (Å²) in [5, 5.41) is 6.30. The Morgan fingerprint density at radius 2 is 1.85 bits per heavy atom. The van der Waals surface area contributed by atoms with Crippen LogP contribution in [-0.4, -0.2) is 28.5 Å². The van der Waals surface area contributed by atoms with Gasteiger partial charge in [-0.2, -0.15) is 0 Å². The molecule has 1 aliphatic rings. The number of fused-ring (bicyclic) bond motifs is 1. The summed E-state index contributed by atoms with van der Waals surface area (Å²) in [7, 11) is 0. The highest BCUT2D eigenvalue weighted by Crippen LogP contribution is 2.27. The first kappa shape index (κ1) is 16.8. The van der Waals surface area contributed by atoms with Gasteiger partial charge in [-0.3, -0.25) is 14.7 Å². The summed E-state index contributed by atoms with van der Waals surface area (Å²) in [6.07, 6.45) is 0. The van der Waals surface area contributed by atoms with Crippen LogP contribution >= 0.6 is 0 Å². The largest absolute Gasteiger partial charge is 0.316 e. The van der Waals surface area contributed by atoms with Gasteiger partial charge >= 0.3 is 0 Å². The number of carbonyl (C=O) groups is 1. The van der Waals surface area contributed by atoms with Crippen molar-refractivity contribution < 1.29 is 4.79 Å². The maximum absolute atomic E-state index is 12.7. The third kappa shape index (κ3) is 2.99. The molecule has 2 N–H and O–H groups in total. The van der Waals surface area contributed by atoms with Gasteiger partial charge in [-0.1, -0.05) is 30.7 Å². The third-order valence-corrected chi connectivity index (χ3v) is 5.27. The highest BCUT2D eigenvalue weighted by atomic mass is 16.2. The number of imidazole rings is 1. The fourth-order valence-electron chi connectivity index (χ4n) is 3.33. The van der Waals surface area contributed by atoms with E-state index in [4.69, 9.17) is 4.98 Å². The molecule has 26 heavy (non-hydrogen) atoms. The second-order valence-corrected chi connectivity index (χ2v) is 7.29. The van der Waals surface area contributed by atoms with Gasteiger partial charge in [0.1, 0.15) is 0 Å². The van der Waals surface area contributed by atoms with Crippen molar-refractivity contribution in [2.45, 2.75) is 20.8 Å². The van der Waals surface area contributed by atoms with Gasteiger partial charge in [0.05, 0.1) is 11.0 Å². The van der Waals surface area contributed by atoms with E-state index in [-0.39, 0.29) is 11.8 Å². The first-order chi connectivity index (χ1) is 12.5. The lowest BCUT2D eigenvalue weighted by atomic mass is 9.88. The summed E-state index contributed by atoms with van der Waals surface area (Å²) in [6.45, 7) is 7.92. The number of carbonyl (C=O) groups excluding carboxylic acids is 1. The maximum Gasteiger partial charge on any atom is 0.229 e. The van der Waals surface area contributed by atoms with Crippen molar-refractivity contribution in [3.63, 3.8) is 0 Å². The van der Waals surface area contributed by atoms with Gasteiger partial charge in [-0.15, -0.1) is 0 Å². The minimum Gasteiger partial charge on any atom is -0.316 e. The van der Waals surface area contributed by atoms with E-state index in [2.05, 4.69) is 60.0 Å². The Hall–Kier alpha value is -2.66. The van der Waals surface area contributed by atoms with Crippen LogP contribution in [0, 0.1) is 25.7 Å². The van der Waals surface area contributed by atoms with Crippen molar-refractivity contribution in [3.05, 3.63) is 53.6 Å². The van der Waals surface area contributed by atoms with Crippen molar-refractivity contribution in [1.29, 1.82) is 0 Å². The maximum atomic E-state index is 12.7. The van der Waals surface area contributed by atoms with E-state index in [1.54, 1.807) is 0 Å². The Kier molecular flexibility index (Phi) is 4.24. The molecule has 0 bridgehead atoms. The molecule has 0 radical (unpaired) electrons. The molecule has 0 saturated carbocycles. The number of amides is 1. The van der Waals surface area contributed by atoms with Gasteiger partial charge in [0, 0.05) is 11.6 Å². The molecule has 1 fully saturated rings. The highest BCUT2D eigenvalue weighted by molar-refractivity contribution is 5.94. The molecule has 3 aromatic rings. The summed E-state index contributed by atoms with van der Waals surface area (Å²) in [5.41, 5.74) is 5.23. The fraction of sp³-hybridized carbons (Fsp3) is 0.333. The first-order valence-corrected chi connectivity index (χ1v) is 9.10. The smallest absolute Gasteiger partial charge is 0.229 e. The van der Waals surface area contributed by atoms with E-state index >= 15 is 0 Å². The Balaban J connectivity index is 1.76. The molecular weight excluding hydrogens is 324 g/mol. The number of nitrogens with one attached hydrogen (secondary N) is 2. The normalized spacial score (nSPS) is 15.7. The molecule has 5 nitrogen and oxygen atoms in total. The Morgan fingerprint density at radius 3 is 2.50 bits per heavy atom. The molecular formula is C21H24N4O. The van der Waals surface area contributed by atoms with E-state index in [0.29, 0.717) is 11.9 Å². The lowest BCUT2D eigenvalue weighted by Crippen LogP contribution is -2.48. The van der Waals surface area contributed by atoms with Crippen molar-refractivity contribution in [3.8, 4) is 5.69 Å². The van der Waals surface area contributed by atoms with E-state index in [1.165, 1.54) is 5.56 Å². The predicted octanol–water partition coefficient (Wildman–Crippen LogP) is 3.44. The van der Waals surface area contributed by atoms with Crippen LogP contribution in [0.2, 0.25) is 0 Å². The van der Waals surface area contributed by atoms with Crippen LogP contribution in [0.15, 0.2) is 42.5 Å². The van der Waals surface area contributed by atoms with Crippen LogP contribution in [0.5, 0.6) is 0 Å². The molecule has 134 valence electrons. The molecule has 2 aromatic carbocycles. The Bertz CT molecular complexity index is 954. The number of anilines is 1. The Labute approximate surface area is 153 Å². The summed E-state index contributed by atoms with van der Waals surface area (Å²) < 4.78 is 2.03. The molecule has 1 aromatic heterocycles. The zero-order valence-electron chi connectivity index (χ0n) is 15.4. The van der Waals surface area contributed by atoms with Crippen LogP contribution in [0.3, 0.4) is 0 Å². The zero-order chi connectivity index (χ0) is 18.3. The monoisotopic (exact) mass is 348 g/mol. The summed E-state index contributed by atoms with van der Waals surface area (Å²) in [4.78, 5) is 17.4. The van der Waals surface area contributed by atoms with Crippen molar-refractivity contribution in [2.24, 2.45) is 11.8 Å². The number of hydrogen-bond acceptors (Lipinski definition) is 3. The molecule has 1 amide bonds. The number of benzene rings is 2. The average molecular weight is 348 g/mol. The van der Waals surface area contributed by atoms with Crippen LogP contribution in [-0.2, 0) is 4.79 Å². The standard InChI is InChI=1S/C21H24N4O/c1-13-4-7-17(8-5-13)25-19-9-6-14(2)10-18(19)23-21(25)24-20(26)15(3)16-11-22-12-16/h4-10,15-16,22H,11-12H2,1-3H3,(H,23,24,26). The van der Waals surface area contributed by atoms with E-state index < -0.39 is 0 Å². The second-order valence-electron chi connectivity index (χ2n) is 7.29. The predicted molar refractivity (Wildman–Crippen MR) is 105 cm³/mol. The van der Waals surface area contributed by atoms with Crippen LogP contribution in [0.4, 0.5) is 5.95 Å². The van der Waals surface area contributed by atoms with Crippen molar-refractivity contribution in [2.75, 3.05) is 18.4 Å². The number of hydrogen-bond donors (Lipinski definition) is 2. The molecule has 2 heterocycles. The van der Waals surface area contributed by atoms with Gasteiger partial charge in [0.25, 0.3) is 0 Å². The van der Waals surface area contributed by atoms with Crippen molar-refractivity contribution in [1.82, 2.24) is 14.9 Å². The number of aromatic nitrogens is 2. The van der Waals surface area contributed by atoms with Gasteiger partial charge in [0.15, 0.2) is 0 Å². The molecule has 0 aliphatic carbocycles. The van der Waals surface area contributed by atoms with Gasteiger partial charge in [-0.25, -0.2) is 4.98 Å².